The molecule has 1 fully saturated rings. The summed E-state index contributed by atoms with van der Waals surface area (Å²) in [6.07, 6.45) is 4.30. The van der Waals surface area contributed by atoms with Gasteiger partial charge in [0, 0.05) is 5.56 Å². The van der Waals surface area contributed by atoms with Crippen LogP contribution in [0.5, 0.6) is 0 Å². The smallest absolute Gasteiger partial charge is 0.183 e. The fourth-order valence-corrected chi connectivity index (χ4v) is 3.29. The third-order valence-corrected chi connectivity index (χ3v) is 4.79. The Hall–Kier alpha value is -1.15. The zero-order valence-corrected chi connectivity index (χ0v) is 12.8. The topological polar surface area (TPSA) is 20.3 Å². The number of carbonyl (C=O) groups excluding carboxylic acids is 1. The van der Waals surface area contributed by atoms with Gasteiger partial charge in [-0.3, -0.25) is 9.69 Å². The first-order valence-corrected chi connectivity index (χ1v) is 7.18. The minimum Gasteiger partial charge on any atom is -0.297 e. The molecule has 2 rings (SSSR count). The summed E-state index contributed by atoms with van der Waals surface area (Å²) >= 11 is 0. The highest BCUT2D eigenvalue weighted by Crippen LogP contribution is 2.37. The van der Waals surface area contributed by atoms with Crippen molar-refractivity contribution in [2.45, 2.75) is 52.0 Å². The molecule has 0 spiro atoms. The number of hydrogen-bond donors (Lipinski definition) is 0. The molecule has 1 aromatic carbocycles. The largest absolute Gasteiger partial charge is 0.297 e. The quantitative estimate of drug-likeness (QED) is 0.772. The lowest BCUT2D eigenvalue weighted by molar-refractivity contribution is 0.0692. The van der Waals surface area contributed by atoms with Crippen LogP contribution in [0.4, 0.5) is 0 Å². The zero-order chi connectivity index (χ0) is 14.2. The lowest BCUT2D eigenvalue weighted by Gasteiger charge is -2.35. The summed E-state index contributed by atoms with van der Waals surface area (Å²) in [6, 6.07) is 4.22. The van der Waals surface area contributed by atoms with Gasteiger partial charge in [-0.2, -0.15) is 0 Å². The van der Waals surface area contributed by atoms with Crippen molar-refractivity contribution in [2.24, 2.45) is 0 Å². The highest BCUT2D eigenvalue weighted by atomic mass is 16.1. The predicted molar refractivity (Wildman–Crippen MR) is 79.9 cm³/mol. The van der Waals surface area contributed by atoms with E-state index in [-0.39, 0.29) is 5.54 Å². The summed E-state index contributed by atoms with van der Waals surface area (Å²) in [7, 11) is 4.08. The lowest BCUT2D eigenvalue weighted by atomic mass is 9.83. The zero-order valence-electron chi connectivity index (χ0n) is 12.8. The maximum absolute atomic E-state index is 13.1. The number of carbonyl (C=O) groups is 1. The molecule has 0 atom stereocenters. The van der Waals surface area contributed by atoms with Gasteiger partial charge in [-0.1, -0.05) is 18.9 Å². The van der Waals surface area contributed by atoms with Gasteiger partial charge in [0.05, 0.1) is 5.54 Å². The fraction of sp³-hybridized carbons (Fsp3) is 0.588. The average molecular weight is 259 g/mol. The standard InChI is InChI=1S/C17H25NO/c1-12-10-14(3)15(11-13(12)2)16(19)17(18(4)5)8-6-7-9-17/h10-11H,6-9H2,1-5H3. The van der Waals surface area contributed by atoms with Gasteiger partial charge in [-0.15, -0.1) is 0 Å². The van der Waals surface area contributed by atoms with Crippen molar-refractivity contribution in [2.75, 3.05) is 14.1 Å². The second-order valence-corrected chi connectivity index (χ2v) is 6.21. The first kappa shape index (κ1) is 14.3. The first-order valence-electron chi connectivity index (χ1n) is 7.18. The van der Waals surface area contributed by atoms with Crippen LogP contribution < -0.4 is 0 Å². The van der Waals surface area contributed by atoms with Crippen molar-refractivity contribution in [1.82, 2.24) is 4.90 Å². The van der Waals surface area contributed by atoms with Gasteiger partial charge in [-0.25, -0.2) is 0 Å². The maximum Gasteiger partial charge on any atom is 0.183 e. The molecule has 1 aromatic rings. The number of rotatable bonds is 3. The van der Waals surface area contributed by atoms with Crippen LogP contribution in [0.15, 0.2) is 12.1 Å². The Morgan fingerprint density at radius 1 is 1.00 bits per heavy atom. The van der Waals surface area contributed by atoms with Gasteiger partial charge in [0.15, 0.2) is 5.78 Å². The summed E-state index contributed by atoms with van der Waals surface area (Å²) in [4.78, 5) is 15.2. The average Bonchev–Trinajstić information content (AvgIpc) is 2.83. The van der Waals surface area contributed by atoms with E-state index in [1.165, 1.54) is 11.1 Å². The number of Topliss-reactive ketones (excluding diaryl/α,β-unsaturated/α-hetero) is 1. The Bertz CT molecular complexity index is 496. The molecule has 0 heterocycles. The van der Waals surface area contributed by atoms with E-state index in [0.29, 0.717) is 5.78 Å². The van der Waals surface area contributed by atoms with Gasteiger partial charge < -0.3 is 0 Å². The van der Waals surface area contributed by atoms with Crippen LogP contribution in [0, 0.1) is 20.8 Å². The molecule has 19 heavy (non-hydrogen) atoms. The monoisotopic (exact) mass is 259 g/mol. The number of aryl methyl sites for hydroxylation is 3. The van der Waals surface area contributed by atoms with Gasteiger partial charge in [0.25, 0.3) is 0 Å². The van der Waals surface area contributed by atoms with Gasteiger partial charge >= 0.3 is 0 Å². The molecular formula is C17H25NO. The SMILES string of the molecule is Cc1cc(C)c(C(=O)C2(N(C)C)CCCC2)cc1C. The molecule has 0 bridgehead atoms. The normalized spacial score (nSPS) is 18.0. The van der Waals surface area contributed by atoms with Gasteiger partial charge in [0.1, 0.15) is 0 Å². The molecule has 0 saturated heterocycles. The molecule has 2 heteroatoms. The fourth-order valence-electron chi connectivity index (χ4n) is 3.29. The molecule has 104 valence electrons. The second-order valence-electron chi connectivity index (χ2n) is 6.21. The van der Waals surface area contributed by atoms with E-state index in [4.69, 9.17) is 0 Å². The Balaban J connectivity index is 2.46. The molecule has 0 amide bonds. The van der Waals surface area contributed by atoms with Gasteiger partial charge in [-0.05, 0) is 70.5 Å². The van der Waals surface area contributed by atoms with Gasteiger partial charge in [0.2, 0.25) is 0 Å². The van der Waals surface area contributed by atoms with Crippen LogP contribution in [0.2, 0.25) is 0 Å². The minimum absolute atomic E-state index is 0.271. The Morgan fingerprint density at radius 2 is 1.53 bits per heavy atom. The minimum atomic E-state index is -0.271. The molecule has 2 nitrogen and oxygen atoms in total. The number of likely N-dealkylation sites (N-methyl/N-ethyl adjacent to an activating group) is 1. The number of ketones is 1. The molecule has 0 aromatic heterocycles. The molecular weight excluding hydrogens is 234 g/mol. The highest BCUT2D eigenvalue weighted by molar-refractivity contribution is 6.04. The van der Waals surface area contributed by atoms with E-state index in [1.54, 1.807) is 0 Å². The summed E-state index contributed by atoms with van der Waals surface area (Å²) in [5.74, 6) is 0.315. The van der Waals surface area contributed by atoms with E-state index in [1.807, 2.05) is 14.1 Å². The molecule has 1 saturated carbocycles. The van der Waals surface area contributed by atoms with Crippen molar-refractivity contribution in [3.63, 3.8) is 0 Å². The van der Waals surface area contributed by atoms with Crippen LogP contribution >= 0.6 is 0 Å². The van der Waals surface area contributed by atoms with Crippen molar-refractivity contribution >= 4 is 5.78 Å². The van der Waals surface area contributed by atoms with Crippen LogP contribution in [0.3, 0.4) is 0 Å². The van der Waals surface area contributed by atoms with E-state index in [0.717, 1.165) is 36.8 Å². The van der Waals surface area contributed by atoms with Crippen molar-refractivity contribution in [1.29, 1.82) is 0 Å². The number of hydrogen-bond acceptors (Lipinski definition) is 2. The first-order chi connectivity index (χ1) is 8.88. The van der Waals surface area contributed by atoms with Crippen molar-refractivity contribution < 1.29 is 4.79 Å². The number of nitrogens with zero attached hydrogens (tertiary/aromatic N) is 1. The van der Waals surface area contributed by atoms with E-state index in [2.05, 4.69) is 37.8 Å². The van der Waals surface area contributed by atoms with Crippen molar-refractivity contribution in [3.05, 3.63) is 34.4 Å². The summed E-state index contributed by atoms with van der Waals surface area (Å²) in [5, 5.41) is 0. The summed E-state index contributed by atoms with van der Waals surface area (Å²) < 4.78 is 0. The van der Waals surface area contributed by atoms with E-state index in [9.17, 15) is 4.79 Å². The van der Waals surface area contributed by atoms with E-state index < -0.39 is 0 Å². The highest BCUT2D eigenvalue weighted by Gasteiger charge is 2.43. The van der Waals surface area contributed by atoms with Crippen LogP contribution in [-0.2, 0) is 0 Å². The Labute approximate surface area is 116 Å². The molecule has 0 N–H and O–H groups in total. The molecule has 0 unspecified atom stereocenters. The molecule has 1 aliphatic rings. The Kier molecular flexibility index (Phi) is 3.82. The van der Waals surface area contributed by atoms with Crippen LogP contribution in [0.25, 0.3) is 0 Å². The van der Waals surface area contributed by atoms with Crippen LogP contribution in [0.1, 0.15) is 52.7 Å². The second kappa shape index (κ2) is 5.09. The van der Waals surface area contributed by atoms with E-state index >= 15 is 0 Å². The van der Waals surface area contributed by atoms with Crippen molar-refractivity contribution in [3.8, 4) is 0 Å². The molecule has 0 radical (unpaired) electrons. The lowest BCUT2D eigenvalue weighted by Crippen LogP contribution is -2.49. The third-order valence-electron chi connectivity index (χ3n) is 4.79. The number of benzene rings is 1. The van der Waals surface area contributed by atoms with Crippen LogP contribution in [-0.4, -0.2) is 30.3 Å². The summed E-state index contributed by atoms with van der Waals surface area (Å²) in [5.41, 5.74) is 4.23. The maximum atomic E-state index is 13.1. The summed E-state index contributed by atoms with van der Waals surface area (Å²) in [6.45, 7) is 6.24. The Morgan fingerprint density at radius 3 is 2.05 bits per heavy atom. The third kappa shape index (κ3) is 2.34. The predicted octanol–water partition coefficient (Wildman–Crippen LogP) is 3.67. The molecule has 0 aliphatic heterocycles. The molecule has 1 aliphatic carbocycles.